The summed E-state index contributed by atoms with van der Waals surface area (Å²) in [5.74, 6) is 1.76. The van der Waals surface area contributed by atoms with Crippen LogP contribution in [-0.4, -0.2) is 60.0 Å². The molecule has 2 saturated heterocycles. The number of benzene rings is 1. The summed E-state index contributed by atoms with van der Waals surface area (Å²) in [7, 11) is 3.35. The second kappa shape index (κ2) is 10.3. The van der Waals surface area contributed by atoms with E-state index in [0.717, 1.165) is 18.7 Å². The van der Waals surface area contributed by atoms with Crippen LogP contribution in [-0.2, 0) is 6.54 Å². The highest BCUT2D eigenvalue weighted by Crippen LogP contribution is 2.34. The van der Waals surface area contributed by atoms with Gasteiger partial charge in [0.15, 0.2) is 0 Å². The van der Waals surface area contributed by atoms with E-state index in [4.69, 9.17) is 5.73 Å². The van der Waals surface area contributed by atoms with Crippen LogP contribution < -0.4 is 5.73 Å². The van der Waals surface area contributed by atoms with Crippen LogP contribution in [0.15, 0.2) is 53.9 Å². The lowest BCUT2D eigenvalue weighted by Gasteiger charge is -2.25. The van der Waals surface area contributed by atoms with Gasteiger partial charge in [0.1, 0.15) is 5.82 Å². The molecule has 3 fully saturated rings. The topological polar surface area (TPSA) is 82.2 Å². The summed E-state index contributed by atoms with van der Waals surface area (Å²) in [6.45, 7) is 5.99. The third-order valence-electron chi connectivity index (χ3n) is 6.25. The smallest absolute Gasteiger partial charge is 0.325 e. The number of carbonyl (C=O) groups is 2. The van der Waals surface area contributed by atoms with Crippen molar-refractivity contribution in [1.82, 2.24) is 14.7 Å². The lowest BCUT2D eigenvalue weighted by atomic mass is 9.84. The molecular weight excluding hydrogens is 390 g/mol. The highest BCUT2D eigenvalue weighted by molar-refractivity contribution is 5.94. The first kappa shape index (κ1) is 22.6. The number of urea groups is 1. The Kier molecular flexibility index (Phi) is 7.50. The molecule has 2 heterocycles. The van der Waals surface area contributed by atoms with Crippen molar-refractivity contribution in [1.29, 1.82) is 0 Å². The second-order valence-corrected chi connectivity index (χ2v) is 8.57. The molecule has 0 unspecified atom stereocenters. The summed E-state index contributed by atoms with van der Waals surface area (Å²) in [5, 5.41) is 0. The summed E-state index contributed by atoms with van der Waals surface area (Å²) in [6.07, 6.45) is 9.42. The first-order chi connectivity index (χ1) is 14.9. The minimum atomic E-state index is -0.223. The average molecular weight is 424 g/mol. The van der Waals surface area contributed by atoms with Crippen LogP contribution in [0.4, 0.5) is 4.79 Å². The van der Waals surface area contributed by atoms with Crippen LogP contribution in [0.1, 0.15) is 41.6 Å². The number of carbonyl (C=O) groups excluding carboxylic acids is 2. The highest BCUT2D eigenvalue weighted by Gasteiger charge is 2.31. The van der Waals surface area contributed by atoms with Gasteiger partial charge in [-0.15, -0.1) is 0 Å². The molecule has 1 aromatic carbocycles. The predicted molar refractivity (Wildman–Crippen MR) is 123 cm³/mol. The molecule has 2 N–H and O–H groups in total. The van der Waals surface area contributed by atoms with Crippen molar-refractivity contribution < 1.29 is 9.59 Å². The fraction of sp³-hybridized carbons (Fsp3) is 0.458. The third kappa shape index (κ3) is 5.75. The van der Waals surface area contributed by atoms with Crippen molar-refractivity contribution >= 4 is 18.2 Å². The molecule has 0 atom stereocenters. The number of allylic oxidation sites excluding steroid dienone is 1. The molecular formula is C24H33N5O2. The minimum Gasteiger partial charge on any atom is -0.405 e. The van der Waals surface area contributed by atoms with Crippen molar-refractivity contribution in [2.24, 2.45) is 22.6 Å². The monoisotopic (exact) mass is 423 g/mol. The van der Waals surface area contributed by atoms with E-state index in [9.17, 15) is 9.59 Å². The van der Waals surface area contributed by atoms with Crippen LogP contribution in [0.2, 0.25) is 0 Å². The SMILES string of the molecule is C=C(/N=C\C=C/N)N(C)C(=O)N(C)Cc1ccc(C(=O)N2CC3CCC(CC3)C2)cc1. The molecule has 166 valence electrons. The number of nitrogens with two attached hydrogens (primary N) is 1. The lowest BCUT2D eigenvalue weighted by molar-refractivity contribution is 0.0739. The molecule has 1 aliphatic carbocycles. The first-order valence-electron chi connectivity index (χ1n) is 10.9. The maximum absolute atomic E-state index is 13.0. The van der Waals surface area contributed by atoms with Gasteiger partial charge in [-0.3, -0.25) is 9.69 Å². The molecule has 31 heavy (non-hydrogen) atoms. The van der Waals surface area contributed by atoms with Gasteiger partial charge in [0.25, 0.3) is 5.91 Å². The van der Waals surface area contributed by atoms with Gasteiger partial charge in [-0.25, -0.2) is 9.79 Å². The molecule has 0 spiro atoms. The molecule has 1 saturated carbocycles. The zero-order chi connectivity index (χ0) is 22.4. The standard InChI is InChI=1S/C24H33N5O2/c1-18(26-14-4-13-25)28(3)24(31)27(2)15-19-9-11-22(12-10-19)23(30)29-16-20-5-6-21(17-29)8-7-20/h4,9-14,20-21H,1,5-8,15-17,25H2,2-3H3/b13-4-,26-14-. The molecule has 3 aliphatic rings. The van der Waals surface area contributed by atoms with Gasteiger partial charge in [-0.05, 0) is 67.5 Å². The summed E-state index contributed by atoms with van der Waals surface area (Å²) < 4.78 is 0. The summed E-state index contributed by atoms with van der Waals surface area (Å²) in [4.78, 5) is 34.7. The van der Waals surface area contributed by atoms with E-state index >= 15 is 0 Å². The Labute approximate surface area is 184 Å². The zero-order valence-electron chi connectivity index (χ0n) is 18.5. The number of rotatable bonds is 6. The predicted octanol–water partition coefficient (Wildman–Crippen LogP) is 3.45. The number of nitrogens with zero attached hydrogens (tertiary/aromatic N) is 4. The van der Waals surface area contributed by atoms with Gasteiger partial charge in [0.2, 0.25) is 0 Å². The molecule has 3 amide bonds. The molecule has 0 radical (unpaired) electrons. The summed E-state index contributed by atoms with van der Waals surface area (Å²) >= 11 is 0. The van der Waals surface area contributed by atoms with Gasteiger partial charge in [-0.2, -0.15) is 0 Å². The van der Waals surface area contributed by atoms with Crippen LogP contribution in [0.5, 0.6) is 0 Å². The molecule has 2 bridgehead atoms. The lowest BCUT2D eigenvalue weighted by Crippen LogP contribution is -2.37. The van der Waals surface area contributed by atoms with Crippen molar-refractivity contribution in [3.8, 4) is 0 Å². The van der Waals surface area contributed by atoms with E-state index in [1.807, 2.05) is 29.2 Å². The Hall–Kier alpha value is -3.09. The number of hydrogen-bond donors (Lipinski definition) is 1. The zero-order valence-corrected chi connectivity index (χ0v) is 18.5. The van der Waals surface area contributed by atoms with Gasteiger partial charge in [0, 0.05) is 45.5 Å². The Morgan fingerprint density at radius 3 is 2.26 bits per heavy atom. The van der Waals surface area contributed by atoms with Crippen LogP contribution >= 0.6 is 0 Å². The molecule has 4 rings (SSSR count). The Morgan fingerprint density at radius 1 is 1.13 bits per heavy atom. The van der Waals surface area contributed by atoms with Gasteiger partial charge in [-0.1, -0.05) is 18.7 Å². The number of aliphatic imine (C=N–C) groups is 1. The van der Waals surface area contributed by atoms with E-state index in [0.29, 0.717) is 29.8 Å². The van der Waals surface area contributed by atoms with Crippen molar-refractivity contribution in [3.63, 3.8) is 0 Å². The minimum absolute atomic E-state index is 0.121. The molecule has 1 aromatic rings. The van der Waals surface area contributed by atoms with Crippen molar-refractivity contribution in [3.05, 3.63) is 60.1 Å². The largest absolute Gasteiger partial charge is 0.405 e. The maximum atomic E-state index is 13.0. The average Bonchev–Trinajstić information content (AvgIpc) is 3.12. The van der Waals surface area contributed by atoms with Gasteiger partial charge in [0.05, 0.1) is 0 Å². The number of fused-ring (bicyclic) bond motifs is 4. The number of amides is 3. The quantitative estimate of drug-likeness (QED) is 0.712. The van der Waals surface area contributed by atoms with E-state index in [-0.39, 0.29) is 11.9 Å². The summed E-state index contributed by atoms with van der Waals surface area (Å²) in [5.41, 5.74) is 6.93. The van der Waals surface area contributed by atoms with Crippen LogP contribution in [0.3, 0.4) is 0 Å². The molecule has 7 nitrogen and oxygen atoms in total. The van der Waals surface area contributed by atoms with E-state index in [1.165, 1.54) is 43.0 Å². The first-order valence-corrected chi connectivity index (χ1v) is 10.9. The van der Waals surface area contributed by atoms with Crippen molar-refractivity contribution in [2.75, 3.05) is 27.2 Å². The van der Waals surface area contributed by atoms with Crippen molar-refractivity contribution in [2.45, 2.75) is 32.2 Å². The second-order valence-electron chi connectivity index (χ2n) is 8.57. The molecule has 7 heteroatoms. The highest BCUT2D eigenvalue weighted by atomic mass is 16.2. The Morgan fingerprint density at radius 2 is 1.71 bits per heavy atom. The maximum Gasteiger partial charge on any atom is 0.325 e. The van der Waals surface area contributed by atoms with Crippen LogP contribution in [0.25, 0.3) is 0 Å². The fourth-order valence-corrected chi connectivity index (χ4v) is 4.37. The Bertz CT molecular complexity index is 839. The fourth-order valence-electron chi connectivity index (χ4n) is 4.37. The normalized spacial score (nSPS) is 20.8. The third-order valence-corrected chi connectivity index (χ3v) is 6.25. The van der Waals surface area contributed by atoms with Gasteiger partial charge >= 0.3 is 6.03 Å². The Balaban J connectivity index is 1.57. The molecule has 2 aliphatic heterocycles. The van der Waals surface area contributed by atoms with E-state index < -0.39 is 0 Å². The van der Waals surface area contributed by atoms with E-state index in [1.54, 1.807) is 25.1 Å². The summed E-state index contributed by atoms with van der Waals surface area (Å²) in [6, 6.07) is 7.35. The van der Waals surface area contributed by atoms with Gasteiger partial charge < -0.3 is 15.5 Å². The van der Waals surface area contributed by atoms with Crippen LogP contribution in [0, 0.1) is 11.8 Å². The number of hydrogen-bond acceptors (Lipinski definition) is 4. The molecule has 0 aromatic heterocycles. The van der Waals surface area contributed by atoms with E-state index in [2.05, 4.69) is 11.6 Å².